The third-order valence-electron chi connectivity index (χ3n) is 4.21. The molecule has 1 fully saturated rings. The van der Waals surface area contributed by atoms with Crippen molar-refractivity contribution >= 4 is 21.1 Å². The van der Waals surface area contributed by atoms with Crippen molar-refractivity contribution in [2.75, 3.05) is 6.61 Å². The van der Waals surface area contributed by atoms with Gasteiger partial charge in [0.15, 0.2) is 0 Å². The van der Waals surface area contributed by atoms with Gasteiger partial charge < -0.3 is 9.84 Å². The van der Waals surface area contributed by atoms with Gasteiger partial charge in [-0.25, -0.2) is 12.4 Å². The van der Waals surface area contributed by atoms with Gasteiger partial charge in [0.2, 0.25) is 0 Å². The van der Waals surface area contributed by atoms with Gasteiger partial charge in [-0.2, -0.15) is 0 Å². The molecule has 1 aliphatic rings. The Kier molecular flexibility index (Phi) is 3.36. The van der Waals surface area contributed by atoms with Crippen LogP contribution in [0.25, 0.3) is 11.0 Å². The number of rotatable bonds is 5. The summed E-state index contributed by atoms with van der Waals surface area (Å²) in [7, 11) is -3.70. The van der Waals surface area contributed by atoms with E-state index in [1.54, 1.807) is 48.7 Å². The molecular weight excluding hydrogens is 328 g/mol. The number of ether oxygens (including phenoxy) is 1. The van der Waals surface area contributed by atoms with Gasteiger partial charge in [0, 0.05) is 12.3 Å². The summed E-state index contributed by atoms with van der Waals surface area (Å²) in [6, 6.07) is 11.5. The predicted octanol–water partition coefficient (Wildman–Crippen LogP) is 2.18. The van der Waals surface area contributed by atoms with Crippen molar-refractivity contribution in [1.29, 1.82) is 0 Å². The van der Waals surface area contributed by atoms with Crippen LogP contribution < -0.4 is 4.74 Å². The third kappa shape index (κ3) is 2.46. The number of benzene rings is 1. The lowest BCUT2D eigenvalue weighted by atomic mass is 10.3. The first kappa shape index (κ1) is 15.2. The van der Waals surface area contributed by atoms with Gasteiger partial charge in [-0.05, 0) is 31.0 Å². The van der Waals surface area contributed by atoms with Crippen LogP contribution in [0.5, 0.6) is 5.75 Å². The summed E-state index contributed by atoms with van der Waals surface area (Å²) in [5, 5.41) is 9.38. The summed E-state index contributed by atoms with van der Waals surface area (Å²) >= 11 is 0. The highest BCUT2D eigenvalue weighted by Gasteiger charge is 2.45. The monoisotopic (exact) mass is 344 g/mol. The number of aliphatic hydroxyl groups is 1. The average molecular weight is 344 g/mol. The van der Waals surface area contributed by atoms with Gasteiger partial charge >= 0.3 is 0 Å². The molecular formula is C17H16N2O4S. The fraction of sp³-hybridized carbons (Fsp3) is 0.235. The van der Waals surface area contributed by atoms with Crippen molar-refractivity contribution in [2.24, 2.45) is 0 Å². The van der Waals surface area contributed by atoms with E-state index in [1.165, 1.54) is 10.2 Å². The molecule has 1 saturated carbocycles. The molecule has 3 aromatic rings. The van der Waals surface area contributed by atoms with E-state index in [0.29, 0.717) is 16.8 Å². The van der Waals surface area contributed by atoms with Gasteiger partial charge in [-0.1, -0.05) is 18.2 Å². The number of aromatic nitrogens is 2. The van der Waals surface area contributed by atoms with Crippen LogP contribution in [-0.4, -0.2) is 34.7 Å². The topological polar surface area (TPSA) is 81.4 Å². The van der Waals surface area contributed by atoms with E-state index in [2.05, 4.69) is 4.98 Å². The molecule has 7 heteroatoms. The minimum Gasteiger partial charge on any atom is -0.483 e. The quantitative estimate of drug-likeness (QED) is 0.767. The Bertz CT molecular complexity index is 992. The van der Waals surface area contributed by atoms with E-state index in [9.17, 15) is 13.5 Å². The van der Waals surface area contributed by atoms with Crippen molar-refractivity contribution in [3.63, 3.8) is 0 Å². The minimum atomic E-state index is -3.70. The Balaban J connectivity index is 1.79. The highest BCUT2D eigenvalue weighted by Crippen LogP contribution is 2.40. The number of fused-ring (bicyclic) bond motifs is 1. The Morgan fingerprint density at radius 3 is 2.62 bits per heavy atom. The van der Waals surface area contributed by atoms with E-state index < -0.39 is 15.6 Å². The summed E-state index contributed by atoms with van der Waals surface area (Å²) in [5.74, 6) is 0.456. The maximum absolute atomic E-state index is 12.8. The van der Waals surface area contributed by atoms with E-state index in [1.807, 2.05) is 0 Å². The van der Waals surface area contributed by atoms with Crippen molar-refractivity contribution in [3.05, 3.63) is 54.9 Å². The second-order valence-corrected chi connectivity index (χ2v) is 7.76. The van der Waals surface area contributed by atoms with Crippen LogP contribution in [0, 0.1) is 0 Å². The standard InChI is InChI=1S/C17H16N2O4S/c20-12-17(7-8-17)23-13-10-16-15(18-11-13)6-9-19(16)24(21,22)14-4-2-1-3-5-14/h1-6,9-11,20H,7-8,12H2. The van der Waals surface area contributed by atoms with E-state index in [4.69, 9.17) is 4.74 Å². The molecule has 0 atom stereocenters. The molecule has 1 aliphatic carbocycles. The fourth-order valence-electron chi connectivity index (χ4n) is 2.62. The molecule has 124 valence electrons. The van der Waals surface area contributed by atoms with Crippen LogP contribution in [0.4, 0.5) is 0 Å². The summed E-state index contributed by atoms with van der Waals surface area (Å²) in [6.07, 6.45) is 4.61. The fourth-order valence-corrected chi connectivity index (χ4v) is 3.98. The number of pyridine rings is 1. The molecule has 24 heavy (non-hydrogen) atoms. The third-order valence-corrected chi connectivity index (χ3v) is 5.91. The lowest BCUT2D eigenvalue weighted by Gasteiger charge is -2.15. The zero-order valence-corrected chi connectivity index (χ0v) is 13.6. The first-order chi connectivity index (χ1) is 11.5. The lowest BCUT2D eigenvalue weighted by molar-refractivity contribution is 0.0952. The molecule has 1 aromatic carbocycles. The van der Waals surface area contributed by atoms with E-state index in [0.717, 1.165) is 12.8 Å². The van der Waals surface area contributed by atoms with Crippen molar-refractivity contribution < 1.29 is 18.3 Å². The van der Waals surface area contributed by atoms with Gasteiger partial charge in [0.1, 0.15) is 11.4 Å². The zero-order chi connectivity index (χ0) is 16.8. The van der Waals surface area contributed by atoms with Crippen molar-refractivity contribution in [3.8, 4) is 5.75 Å². The Hall–Kier alpha value is -2.38. The van der Waals surface area contributed by atoms with Crippen LogP contribution in [0.1, 0.15) is 12.8 Å². The number of hydrogen-bond donors (Lipinski definition) is 1. The highest BCUT2D eigenvalue weighted by atomic mass is 32.2. The molecule has 0 saturated heterocycles. The van der Waals surface area contributed by atoms with Crippen LogP contribution in [0.3, 0.4) is 0 Å². The van der Waals surface area contributed by atoms with Crippen LogP contribution in [-0.2, 0) is 10.0 Å². The lowest BCUT2D eigenvalue weighted by Crippen LogP contribution is -2.22. The second-order valence-electron chi connectivity index (χ2n) is 5.95. The normalized spacial score (nSPS) is 16.2. The summed E-state index contributed by atoms with van der Waals surface area (Å²) in [5.41, 5.74) is 0.478. The first-order valence-electron chi connectivity index (χ1n) is 7.62. The summed E-state index contributed by atoms with van der Waals surface area (Å²) in [6.45, 7) is -0.0611. The van der Waals surface area contributed by atoms with Crippen molar-refractivity contribution in [1.82, 2.24) is 8.96 Å². The maximum atomic E-state index is 12.8. The molecule has 4 rings (SSSR count). The Morgan fingerprint density at radius 1 is 1.21 bits per heavy atom. The SMILES string of the molecule is O=S(=O)(c1ccccc1)n1ccc2ncc(OC3(CO)CC3)cc21. The number of nitrogens with zero attached hydrogens (tertiary/aromatic N) is 2. The largest absolute Gasteiger partial charge is 0.483 e. The van der Waals surface area contributed by atoms with Gasteiger partial charge in [0.25, 0.3) is 10.0 Å². The summed E-state index contributed by atoms with van der Waals surface area (Å²) < 4.78 is 32.7. The molecule has 0 spiro atoms. The predicted molar refractivity (Wildman–Crippen MR) is 88.4 cm³/mol. The highest BCUT2D eigenvalue weighted by molar-refractivity contribution is 7.90. The first-order valence-corrected chi connectivity index (χ1v) is 9.06. The molecule has 0 radical (unpaired) electrons. The maximum Gasteiger partial charge on any atom is 0.268 e. The summed E-state index contributed by atoms with van der Waals surface area (Å²) in [4.78, 5) is 4.47. The molecule has 2 heterocycles. The van der Waals surface area contributed by atoms with Crippen molar-refractivity contribution in [2.45, 2.75) is 23.3 Å². The Labute approximate surface area is 139 Å². The van der Waals surface area contributed by atoms with Crippen LogP contribution in [0.15, 0.2) is 59.8 Å². The zero-order valence-electron chi connectivity index (χ0n) is 12.8. The van der Waals surface area contributed by atoms with E-state index >= 15 is 0 Å². The number of aliphatic hydroxyl groups excluding tert-OH is 1. The van der Waals surface area contributed by atoms with Crippen LogP contribution in [0.2, 0.25) is 0 Å². The minimum absolute atomic E-state index is 0.0611. The molecule has 0 unspecified atom stereocenters. The molecule has 6 nitrogen and oxygen atoms in total. The number of hydrogen-bond acceptors (Lipinski definition) is 5. The van der Waals surface area contributed by atoms with E-state index in [-0.39, 0.29) is 11.5 Å². The Morgan fingerprint density at radius 2 is 1.96 bits per heavy atom. The average Bonchev–Trinajstić information content (AvgIpc) is 3.24. The van der Waals surface area contributed by atoms with Gasteiger partial charge in [0.05, 0.1) is 28.7 Å². The molecule has 0 aliphatic heterocycles. The molecule has 1 N–H and O–H groups in total. The smallest absolute Gasteiger partial charge is 0.268 e. The molecule has 2 aromatic heterocycles. The van der Waals surface area contributed by atoms with Crippen LogP contribution >= 0.6 is 0 Å². The second kappa shape index (κ2) is 5.32. The molecule has 0 amide bonds. The van der Waals surface area contributed by atoms with Gasteiger partial charge in [-0.3, -0.25) is 4.98 Å². The van der Waals surface area contributed by atoms with Gasteiger partial charge in [-0.15, -0.1) is 0 Å². The molecule has 0 bridgehead atoms.